The fourth-order valence-electron chi connectivity index (χ4n) is 2.08. The maximum atomic E-state index is 12.0. The van der Waals surface area contributed by atoms with E-state index in [0.717, 1.165) is 26.3 Å². The van der Waals surface area contributed by atoms with E-state index in [2.05, 4.69) is 10.1 Å². The smallest absolute Gasteiger partial charge is 0.244 e. The number of pyridine rings is 1. The molecule has 3 rings (SSSR count). The van der Waals surface area contributed by atoms with Crippen molar-refractivity contribution in [2.24, 2.45) is 0 Å². The van der Waals surface area contributed by atoms with Gasteiger partial charge in [0.2, 0.25) is 10.0 Å². The SMILES string of the molecule is CN(C)S(=O)(=O)c1ccc(SCc2cc(-c3ccccc3)on2)nc1. The van der Waals surface area contributed by atoms with Gasteiger partial charge < -0.3 is 4.52 Å². The highest BCUT2D eigenvalue weighted by Gasteiger charge is 2.17. The minimum Gasteiger partial charge on any atom is -0.356 e. The summed E-state index contributed by atoms with van der Waals surface area (Å²) in [7, 11) is -0.468. The van der Waals surface area contributed by atoms with Crippen LogP contribution in [0.25, 0.3) is 11.3 Å². The maximum absolute atomic E-state index is 12.0. The number of hydrogen-bond acceptors (Lipinski definition) is 6. The molecule has 0 radical (unpaired) electrons. The van der Waals surface area contributed by atoms with E-state index in [-0.39, 0.29) is 4.90 Å². The Morgan fingerprint density at radius 2 is 1.88 bits per heavy atom. The van der Waals surface area contributed by atoms with Gasteiger partial charge in [-0.05, 0) is 12.1 Å². The molecule has 6 nitrogen and oxygen atoms in total. The van der Waals surface area contributed by atoms with Crippen molar-refractivity contribution in [3.8, 4) is 11.3 Å². The van der Waals surface area contributed by atoms with Gasteiger partial charge in [-0.2, -0.15) is 0 Å². The zero-order valence-corrected chi connectivity index (χ0v) is 15.4. The lowest BCUT2D eigenvalue weighted by Gasteiger charge is -2.10. The Morgan fingerprint density at radius 1 is 1.12 bits per heavy atom. The van der Waals surface area contributed by atoms with Gasteiger partial charge in [0.05, 0.1) is 10.7 Å². The molecule has 0 unspecified atom stereocenters. The molecule has 0 bridgehead atoms. The second-order valence-corrected chi connectivity index (χ2v) is 8.60. The molecule has 130 valence electrons. The lowest BCUT2D eigenvalue weighted by molar-refractivity contribution is 0.426. The van der Waals surface area contributed by atoms with Gasteiger partial charge in [0.15, 0.2) is 5.76 Å². The van der Waals surface area contributed by atoms with Crippen LogP contribution in [0.4, 0.5) is 0 Å². The molecule has 0 saturated heterocycles. The molecule has 0 aliphatic carbocycles. The van der Waals surface area contributed by atoms with Gasteiger partial charge in [-0.25, -0.2) is 17.7 Å². The summed E-state index contributed by atoms with van der Waals surface area (Å²) < 4.78 is 30.6. The van der Waals surface area contributed by atoms with Crippen LogP contribution in [0.3, 0.4) is 0 Å². The van der Waals surface area contributed by atoms with Gasteiger partial charge in [-0.15, -0.1) is 0 Å². The Hall–Kier alpha value is -2.16. The molecule has 2 heterocycles. The molecule has 0 fully saturated rings. The monoisotopic (exact) mass is 375 g/mol. The van der Waals surface area contributed by atoms with Crippen molar-refractivity contribution in [1.82, 2.24) is 14.4 Å². The van der Waals surface area contributed by atoms with Crippen molar-refractivity contribution in [3.63, 3.8) is 0 Å². The number of hydrogen-bond donors (Lipinski definition) is 0. The van der Waals surface area contributed by atoms with E-state index in [1.54, 1.807) is 12.1 Å². The summed E-state index contributed by atoms with van der Waals surface area (Å²) in [5.41, 5.74) is 1.78. The molecular weight excluding hydrogens is 358 g/mol. The first-order valence-electron chi connectivity index (χ1n) is 7.49. The predicted octanol–water partition coefficient (Wildman–Crippen LogP) is 3.28. The second-order valence-electron chi connectivity index (χ2n) is 5.46. The van der Waals surface area contributed by atoms with E-state index in [1.165, 1.54) is 32.1 Å². The van der Waals surface area contributed by atoms with E-state index in [4.69, 9.17) is 4.52 Å². The Bertz CT molecular complexity index is 937. The van der Waals surface area contributed by atoms with Gasteiger partial charge in [0.25, 0.3) is 0 Å². The number of rotatable bonds is 6. The lowest BCUT2D eigenvalue weighted by atomic mass is 10.2. The summed E-state index contributed by atoms with van der Waals surface area (Å²) in [5.74, 6) is 1.31. The molecule has 25 heavy (non-hydrogen) atoms. The molecule has 3 aromatic rings. The van der Waals surface area contributed by atoms with Gasteiger partial charge in [-0.3, -0.25) is 0 Å². The molecule has 1 aromatic carbocycles. The number of benzene rings is 1. The summed E-state index contributed by atoms with van der Waals surface area (Å²) in [5, 5.41) is 4.79. The van der Waals surface area contributed by atoms with Crippen molar-refractivity contribution < 1.29 is 12.9 Å². The highest BCUT2D eigenvalue weighted by atomic mass is 32.2. The van der Waals surface area contributed by atoms with Crippen molar-refractivity contribution >= 4 is 21.8 Å². The number of nitrogens with zero attached hydrogens (tertiary/aromatic N) is 3. The van der Waals surface area contributed by atoms with Gasteiger partial charge in [0, 0.05) is 37.7 Å². The minimum atomic E-state index is -3.45. The minimum absolute atomic E-state index is 0.176. The Kier molecular flexibility index (Phi) is 5.22. The first-order valence-corrected chi connectivity index (χ1v) is 9.92. The zero-order chi connectivity index (χ0) is 17.9. The van der Waals surface area contributed by atoms with Crippen molar-refractivity contribution in [2.75, 3.05) is 14.1 Å². The van der Waals surface area contributed by atoms with E-state index in [9.17, 15) is 8.42 Å². The third kappa shape index (κ3) is 4.09. The molecule has 0 atom stereocenters. The summed E-state index contributed by atoms with van der Waals surface area (Å²) in [4.78, 5) is 4.38. The number of thioether (sulfide) groups is 1. The van der Waals surface area contributed by atoms with Crippen LogP contribution in [0.2, 0.25) is 0 Å². The Morgan fingerprint density at radius 3 is 2.52 bits per heavy atom. The third-order valence-electron chi connectivity index (χ3n) is 3.47. The third-order valence-corrected chi connectivity index (χ3v) is 6.25. The first-order chi connectivity index (χ1) is 12.0. The average Bonchev–Trinajstić information content (AvgIpc) is 3.10. The number of aromatic nitrogens is 2. The molecular formula is C17H17N3O3S2. The van der Waals surface area contributed by atoms with Crippen LogP contribution < -0.4 is 0 Å². The largest absolute Gasteiger partial charge is 0.356 e. The molecule has 0 amide bonds. The Balaban J connectivity index is 1.66. The maximum Gasteiger partial charge on any atom is 0.244 e. The normalized spacial score (nSPS) is 11.8. The van der Waals surface area contributed by atoms with E-state index in [1.807, 2.05) is 36.4 Å². The Labute approximate surface area is 150 Å². The summed E-state index contributed by atoms with van der Waals surface area (Å²) in [6.07, 6.45) is 1.37. The predicted molar refractivity (Wildman–Crippen MR) is 96.6 cm³/mol. The second kappa shape index (κ2) is 7.38. The van der Waals surface area contributed by atoms with Crippen LogP contribution in [-0.2, 0) is 15.8 Å². The van der Waals surface area contributed by atoms with Crippen molar-refractivity contribution in [3.05, 3.63) is 60.4 Å². The van der Waals surface area contributed by atoms with Gasteiger partial charge in [0.1, 0.15) is 4.90 Å². The molecule has 0 saturated carbocycles. The topological polar surface area (TPSA) is 76.3 Å². The fourth-order valence-corrected chi connectivity index (χ4v) is 3.65. The summed E-state index contributed by atoms with van der Waals surface area (Å²) >= 11 is 1.47. The van der Waals surface area contributed by atoms with Crippen LogP contribution in [-0.4, -0.2) is 37.0 Å². The average molecular weight is 375 g/mol. The highest BCUT2D eigenvalue weighted by Crippen LogP contribution is 2.25. The molecule has 0 aliphatic heterocycles. The quantitative estimate of drug-likeness (QED) is 0.616. The first kappa shape index (κ1) is 17.7. The van der Waals surface area contributed by atoms with Crippen LogP contribution in [0.15, 0.2) is 69.2 Å². The molecule has 2 aromatic heterocycles. The van der Waals surface area contributed by atoms with Crippen LogP contribution in [0.5, 0.6) is 0 Å². The molecule has 0 aliphatic rings. The van der Waals surface area contributed by atoms with Crippen LogP contribution in [0.1, 0.15) is 5.69 Å². The standard InChI is InChI=1S/C17H17N3O3S2/c1-20(2)25(21,22)15-8-9-17(18-11-15)24-12-14-10-16(23-19-14)13-6-4-3-5-7-13/h3-11H,12H2,1-2H3. The highest BCUT2D eigenvalue weighted by molar-refractivity contribution is 7.98. The molecule has 8 heteroatoms. The van der Waals surface area contributed by atoms with E-state index in [0.29, 0.717) is 5.75 Å². The van der Waals surface area contributed by atoms with Crippen LogP contribution in [0, 0.1) is 0 Å². The van der Waals surface area contributed by atoms with Crippen molar-refractivity contribution in [1.29, 1.82) is 0 Å². The number of sulfonamides is 1. The lowest BCUT2D eigenvalue weighted by Crippen LogP contribution is -2.22. The fraction of sp³-hybridized carbons (Fsp3) is 0.176. The van der Waals surface area contributed by atoms with E-state index < -0.39 is 10.0 Å². The zero-order valence-electron chi connectivity index (χ0n) is 13.8. The summed E-state index contributed by atoms with van der Waals surface area (Å²) in [6.45, 7) is 0. The van der Waals surface area contributed by atoms with Gasteiger partial charge >= 0.3 is 0 Å². The van der Waals surface area contributed by atoms with Crippen molar-refractivity contribution in [2.45, 2.75) is 15.7 Å². The molecule has 0 spiro atoms. The van der Waals surface area contributed by atoms with E-state index >= 15 is 0 Å². The van der Waals surface area contributed by atoms with Gasteiger partial charge in [-0.1, -0.05) is 47.3 Å². The molecule has 0 N–H and O–H groups in total. The van der Waals surface area contributed by atoms with Crippen LogP contribution >= 0.6 is 11.8 Å². The summed E-state index contributed by atoms with van der Waals surface area (Å²) in [6, 6.07) is 14.9.